The smallest absolute Gasteiger partial charge is 0.382 e. The number of rotatable bonds is 8. The Labute approximate surface area is 164 Å². The van der Waals surface area contributed by atoms with E-state index in [0.29, 0.717) is 24.0 Å². The van der Waals surface area contributed by atoms with Gasteiger partial charge in [0, 0.05) is 0 Å². The average Bonchev–Trinajstić information content (AvgIpc) is 3.16. The number of nitrogen functional groups attached to an aromatic ring is 1. The summed E-state index contributed by atoms with van der Waals surface area (Å²) in [6.45, 7) is -0.399. The second kappa shape index (κ2) is 8.16. The Hall–Kier alpha value is -1.18. The topological polar surface area (TPSA) is 218 Å². The highest BCUT2D eigenvalue weighted by atomic mass is 31.3. The molecule has 0 bridgehead atoms. The van der Waals surface area contributed by atoms with Crippen LogP contribution in [0, 0.1) is 0 Å². The molecule has 4 atom stereocenters. The van der Waals surface area contributed by atoms with Crippen LogP contribution in [-0.4, -0.2) is 54.5 Å². The maximum Gasteiger partial charge on any atom is 0.487 e. The number of hydrogen-bond acceptors (Lipinski definition) is 11. The van der Waals surface area contributed by atoms with Gasteiger partial charge < -0.3 is 29.7 Å². The van der Waals surface area contributed by atoms with E-state index >= 15 is 0 Å². The molecule has 19 heteroatoms. The molecule has 0 amide bonds. The first-order valence-electron chi connectivity index (χ1n) is 7.78. The van der Waals surface area contributed by atoms with Crippen LogP contribution in [0.25, 0.3) is 11.2 Å². The van der Waals surface area contributed by atoms with Crippen LogP contribution in [0.15, 0.2) is 12.7 Å². The second-order valence-corrected chi connectivity index (χ2v) is 10.4. The number of hydrogen-bond donors (Lipinski definition) is 4. The molecule has 1 aliphatic rings. The van der Waals surface area contributed by atoms with Crippen molar-refractivity contribution in [2.75, 3.05) is 12.3 Å². The maximum atomic E-state index is 12.0. The molecule has 0 spiro atoms. The summed E-state index contributed by atoms with van der Waals surface area (Å²) in [5, 5.41) is 0. The van der Waals surface area contributed by atoms with Gasteiger partial charge in [-0.05, 0) is 12.8 Å². The van der Waals surface area contributed by atoms with Crippen molar-refractivity contribution in [1.82, 2.24) is 19.5 Å². The summed E-state index contributed by atoms with van der Waals surface area (Å²) < 4.78 is 53.7. The summed E-state index contributed by atoms with van der Waals surface area (Å²) in [5.74, 6) is 0.207. The van der Waals surface area contributed by atoms with Crippen molar-refractivity contribution in [2.45, 2.75) is 25.2 Å². The molecule has 3 rings (SSSR count). The van der Waals surface area contributed by atoms with E-state index in [4.69, 9.17) is 32.3 Å². The normalized spacial score (nSPS) is 24.4. The Bertz CT molecular complexity index is 1040. The van der Waals surface area contributed by atoms with Gasteiger partial charge in [0.05, 0.1) is 19.0 Å². The first-order chi connectivity index (χ1) is 13.4. The lowest BCUT2D eigenvalue weighted by molar-refractivity contribution is -0.0167. The number of aromatic nitrogens is 4. The molecule has 1 aliphatic heterocycles. The van der Waals surface area contributed by atoms with Crippen LogP contribution in [-0.2, 0) is 31.6 Å². The fourth-order valence-electron chi connectivity index (χ4n) is 2.60. The predicted molar refractivity (Wildman–Crippen MR) is 96.2 cm³/mol. The van der Waals surface area contributed by atoms with Gasteiger partial charge >= 0.3 is 15.6 Å². The van der Waals surface area contributed by atoms with Crippen LogP contribution in [0.5, 0.6) is 0 Å². The van der Waals surface area contributed by atoms with Gasteiger partial charge in [-0.1, -0.05) is 0 Å². The number of anilines is 1. The molecule has 3 heterocycles. The molecule has 15 nitrogen and oxygen atoms in total. The summed E-state index contributed by atoms with van der Waals surface area (Å²) in [5.41, 5.74) is 6.58. The summed E-state index contributed by atoms with van der Waals surface area (Å²) in [6, 6.07) is 0. The van der Waals surface area contributed by atoms with Gasteiger partial charge in [0.25, 0.3) is 7.47 Å². The lowest BCUT2D eigenvalue weighted by Gasteiger charge is -2.20. The van der Waals surface area contributed by atoms with E-state index in [9.17, 15) is 18.6 Å². The first-order valence-corrected chi connectivity index (χ1v) is 12.4. The average molecular weight is 469 g/mol. The molecule has 5 N–H and O–H groups in total. The van der Waals surface area contributed by atoms with Crippen LogP contribution in [0.4, 0.5) is 5.82 Å². The van der Waals surface area contributed by atoms with Crippen molar-refractivity contribution in [3.05, 3.63) is 12.7 Å². The zero-order chi connectivity index (χ0) is 21.4. The summed E-state index contributed by atoms with van der Waals surface area (Å²) >= 11 is 0. The molecule has 2 aromatic heterocycles. The van der Waals surface area contributed by atoms with Gasteiger partial charge in [-0.15, -0.1) is 0 Å². The fourth-order valence-corrected chi connectivity index (χ4v) is 5.77. The van der Waals surface area contributed by atoms with Crippen LogP contribution in [0.2, 0.25) is 0 Å². The zero-order valence-electron chi connectivity index (χ0n) is 14.4. The molecule has 2 unspecified atom stereocenters. The van der Waals surface area contributed by atoms with Gasteiger partial charge in [-0.3, -0.25) is 9.13 Å². The Balaban J connectivity index is 1.58. The molecule has 2 radical (unpaired) electrons. The number of ether oxygens (including phenoxy) is 1. The molecule has 2 aromatic rings. The first kappa shape index (κ1) is 22.5. The van der Waals surface area contributed by atoms with E-state index in [0.717, 1.165) is 0 Å². The predicted octanol–water partition coefficient (Wildman–Crippen LogP) is 0.606. The third-order valence-electron chi connectivity index (χ3n) is 3.65. The van der Waals surface area contributed by atoms with Gasteiger partial charge in [0.15, 0.2) is 11.5 Å². The Morgan fingerprint density at radius 3 is 2.62 bits per heavy atom. The van der Waals surface area contributed by atoms with Crippen LogP contribution < -0.4 is 5.73 Å². The van der Waals surface area contributed by atoms with Crippen molar-refractivity contribution in [3.8, 4) is 0 Å². The Morgan fingerprint density at radius 1 is 1.21 bits per heavy atom. The SMILES string of the molecule is [B]P(=O)(OC[C@@H]1CC[C@H](n2cnc3c(N)ncnc32)O1)OP(=O)(O)OP(=O)(O)O. The molecule has 1 fully saturated rings. The van der Waals surface area contributed by atoms with E-state index < -0.39 is 42.1 Å². The highest BCUT2D eigenvalue weighted by Crippen LogP contribution is 2.66. The molecular formula is C10H15BN5O10P3. The number of nitrogens with two attached hydrogens (primary N) is 1. The maximum absolute atomic E-state index is 12.0. The highest BCUT2D eigenvalue weighted by molar-refractivity contribution is 7.84. The second-order valence-electron chi connectivity index (χ2n) is 5.83. The zero-order valence-corrected chi connectivity index (χ0v) is 17.1. The molecule has 1 saturated heterocycles. The third-order valence-corrected chi connectivity index (χ3v) is 7.57. The van der Waals surface area contributed by atoms with Crippen molar-refractivity contribution < 1.29 is 46.3 Å². The standard InChI is InChI=1S/C10H15BN5O10P3/c11-27(17,25-29(21,22)26-28(18,19)20)23-3-6-1-2-7(24-6)16-5-15-8-9(12)13-4-14-10(8)16/h4-7H,1-3H2,(H,21,22)(H2,12,13,14)(H2,18,19,20)/t6-,7+,27?/m0/s1. The van der Waals surface area contributed by atoms with Crippen LogP contribution >= 0.6 is 23.1 Å². The monoisotopic (exact) mass is 469 g/mol. The summed E-state index contributed by atoms with van der Waals surface area (Å²) in [7, 11) is -10.4. The van der Waals surface area contributed by atoms with Crippen molar-refractivity contribution in [2.24, 2.45) is 0 Å². The lowest BCUT2D eigenvalue weighted by Crippen LogP contribution is -2.16. The quantitative estimate of drug-likeness (QED) is 0.308. The minimum Gasteiger partial charge on any atom is -0.382 e. The molecule has 0 aliphatic carbocycles. The minimum absolute atomic E-state index is 0.207. The van der Waals surface area contributed by atoms with Gasteiger partial charge in [0.1, 0.15) is 18.1 Å². The fraction of sp³-hybridized carbons (Fsp3) is 0.500. The molecule has 29 heavy (non-hydrogen) atoms. The Morgan fingerprint density at radius 2 is 1.93 bits per heavy atom. The summed E-state index contributed by atoms with van der Waals surface area (Å²) in [6.07, 6.45) is 2.56. The number of nitrogens with zero attached hydrogens (tertiary/aromatic N) is 4. The number of fused-ring (bicyclic) bond motifs is 1. The van der Waals surface area contributed by atoms with E-state index in [-0.39, 0.29) is 5.82 Å². The van der Waals surface area contributed by atoms with E-state index in [1.54, 1.807) is 4.57 Å². The van der Waals surface area contributed by atoms with E-state index in [1.807, 2.05) is 0 Å². The highest BCUT2D eigenvalue weighted by Gasteiger charge is 2.39. The van der Waals surface area contributed by atoms with E-state index in [1.165, 1.54) is 12.7 Å². The minimum atomic E-state index is -5.44. The van der Waals surface area contributed by atoms with Crippen molar-refractivity contribution in [3.63, 3.8) is 0 Å². The van der Waals surface area contributed by atoms with Crippen molar-refractivity contribution >= 4 is 47.7 Å². The van der Waals surface area contributed by atoms with Gasteiger partial charge in [0.2, 0.25) is 7.57 Å². The number of imidazole rings is 1. The molecule has 0 aromatic carbocycles. The van der Waals surface area contributed by atoms with Gasteiger partial charge in [-0.2, -0.15) is 4.31 Å². The van der Waals surface area contributed by atoms with E-state index in [2.05, 4.69) is 23.6 Å². The van der Waals surface area contributed by atoms with Crippen LogP contribution in [0.1, 0.15) is 19.1 Å². The Kier molecular flexibility index (Phi) is 6.33. The molecule has 0 saturated carbocycles. The van der Waals surface area contributed by atoms with Gasteiger partial charge in [-0.25, -0.2) is 28.4 Å². The molecular weight excluding hydrogens is 454 g/mol. The molecule has 158 valence electrons. The van der Waals surface area contributed by atoms with Crippen LogP contribution in [0.3, 0.4) is 0 Å². The largest absolute Gasteiger partial charge is 0.487 e. The summed E-state index contributed by atoms with van der Waals surface area (Å²) in [4.78, 5) is 38.3. The lowest BCUT2D eigenvalue weighted by atomic mass is 10.2. The van der Waals surface area contributed by atoms with Crippen molar-refractivity contribution in [1.29, 1.82) is 0 Å². The third kappa shape index (κ3) is 5.92. The number of phosphoric acid groups is 2.